The molecule has 2 rings (SSSR count). The van der Waals surface area contributed by atoms with Crippen molar-refractivity contribution in [1.29, 1.82) is 0 Å². The molecule has 1 aliphatic rings. The molecule has 0 unspecified atom stereocenters. The number of nitrogens with zero attached hydrogens (tertiary/aromatic N) is 2. The molecule has 0 spiro atoms. The van der Waals surface area contributed by atoms with E-state index in [1.54, 1.807) is 0 Å². The van der Waals surface area contributed by atoms with Crippen LogP contribution in [0, 0.1) is 0 Å². The number of hydrogen-bond acceptors (Lipinski definition) is 5. The average Bonchev–Trinajstić information content (AvgIpc) is 2.99. The molecule has 1 aliphatic heterocycles. The quantitative estimate of drug-likeness (QED) is 0.792. The van der Waals surface area contributed by atoms with Crippen LogP contribution in [0.2, 0.25) is 0 Å². The van der Waals surface area contributed by atoms with E-state index >= 15 is 0 Å². The van der Waals surface area contributed by atoms with Crippen LogP contribution < -0.4 is 0 Å². The van der Waals surface area contributed by atoms with Crippen LogP contribution in [0.4, 0.5) is 0 Å². The molecular formula is C10H14N2O5S. The average molecular weight is 274 g/mol. The number of rotatable bonds is 3. The highest BCUT2D eigenvalue weighted by Gasteiger charge is 2.27. The fraction of sp³-hybridized carbons (Fsp3) is 0.500. The smallest absolute Gasteiger partial charge is 0.280 e. The fourth-order valence-corrected chi connectivity index (χ4v) is 2.30. The van der Waals surface area contributed by atoms with Crippen molar-refractivity contribution in [3.05, 3.63) is 17.9 Å². The second-order valence-corrected chi connectivity index (χ2v) is 6.12. The predicted octanol–water partition coefficient (Wildman–Crippen LogP) is 0.307. The molecule has 1 aromatic rings. The van der Waals surface area contributed by atoms with E-state index in [0.717, 1.165) is 17.0 Å². The van der Waals surface area contributed by atoms with Gasteiger partial charge in [-0.1, -0.05) is 0 Å². The van der Waals surface area contributed by atoms with Gasteiger partial charge in [0.15, 0.2) is 0 Å². The van der Waals surface area contributed by atoms with Gasteiger partial charge >= 0.3 is 0 Å². The molecule has 0 aliphatic carbocycles. The summed E-state index contributed by atoms with van der Waals surface area (Å²) >= 11 is 0. The van der Waals surface area contributed by atoms with Crippen LogP contribution in [-0.4, -0.2) is 50.9 Å². The van der Waals surface area contributed by atoms with E-state index in [0.29, 0.717) is 13.2 Å². The number of carbonyl (C=O) groups excluding carboxylic acids is 1. The Hall–Kier alpha value is -1.38. The lowest BCUT2D eigenvalue weighted by atomic mass is 10.3. The first-order chi connectivity index (χ1) is 8.43. The van der Waals surface area contributed by atoms with Gasteiger partial charge in [0.1, 0.15) is 6.26 Å². The molecule has 18 heavy (non-hydrogen) atoms. The van der Waals surface area contributed by atoms with Gasteiger partial charge in [0.25, 0.3) is 15.9 Å². The molecular weight excluding hydrogens is 260 g/mol. The molecule has 0 N–H and O–H groups in total. The van der Waals surface area contributed by atoms with Gasteiger partial charge < -0.3 is 4.42 Å². The summed E-state index contributed by atoms with van der Waals surface area (Å²) in [5.74, 6) is -0.392. The molecule has 100 valence electrons. The van der Waals surface area contributed by atoms with Crippen molar-refractivity contribution < 1.29 is 22.5 Å². The molecule has 0 bridgehead atoms. The monoisotopic (exact) mass is 274 g/mol. The van der Waals surface area contributed by atoms with Gasteiger partial charge in [-0.25, -0.2) is 17.8 Å². The Morgan fingerprint density at radius 1 is 1.44 bits per heavy atom. The second-order valence-electron chi connectivity index (χ2n) is 4.04. The number of furan rings is 1. The first-order valence-electron chi connectivity index (χ1n) is 5.39. The molecule has 1 amide bonds. The van der Waals surface area contributed by atoms with Gasteiger partial charge in [0.2, 0.25) is 5.09 Å². The highest BCUT2D eigenvalue weighted by atomic mass is 32.2. The molecule has 1 fully saturated rings. The van der Waals surface area contributed by atoms with Crippen LogP contribution in [0.5, 0.6) is 0 Å². The lowest BCUT2D eigenvalue weighted by molar-refractivity contribution is -0.0768. The van der Waals surface area contributed by atoms with Crippen LogP contribution in [0.1, 0.15) is 16.8 Å². The van der Waals surface area contributed by atoms with Crippen LogP contribution in [0.15, 0.2) is 21.8 Å². The molecule has 7 nitrogen and oxygen atoms in total. The van der Waals surface area contributed by atoms with E-state index in [1.807, 2.05) is 0 Å². The molecule has 0 aromatic carbocycles. The van der Waals surface area contributed by atoms with Crippen molar-refractivity contribution in [2.45, 2.75) is 11.5 Å². The fourth-order valence-electron chi connectivity index (χ4n) is 1.50. The van der Waals surface area contributed by atoms with Crippen molar-refractivity contribution in [2.24, 2.45) is 0 Å². The normalized spacial score (nSPS) is 16.5. The van der Waals surface area contributed by atoms with E-state index < -0.39 is 15.9 Å². The zero-order chi connectivity index (χ0) is 13.3. The highest BCUT2D eigenvalue weighted by molar-refractivity contribution is 7.88. The van der Waals surface area contributed by atoms with E-state index in [1.165, 1.54) is 25.2 Å². The molecule has 0 radical (unpaired) electrons. The minimum absolute atomic E-state index is 0.164. The van der Waals surface area contributed by atoms with Crippen LogP contribution in [0.3, 0.4) is 0 Å². The topological polar surface area (TPSA) is 80.1 Å². The van der Waals surface area contributed by atoms with Crippen molar-refractivity contribution in [2.75, 3.05) is 27.2 Å². The molecule has 8 heteroatoms. The third kappa shape index (κ3) is 2.26. The first kappa shape index (κ1) is 13.1. The first-order valence-corrected chi connectivity index (χ1v) is 6.83. The lowest BCUT2D eigenvalue weighted by Crippen LogP contribution is -2.26. The van der Waals surface area contributed by atoms with Crippen LogP contribution in [0.25, 0.3) is 0 Å². The third-order valence-corrected chi connectivity index (χ3v) is 4.22. The zero-order valence-corrected chi connectivity index (χ0v) is 10.9. The number of amides is 1. The van der Waals surface area contributed by atoms with Crippen LogP contribution >= 0.6 is 0 Å². The summed E-state index contributed by atoms with van der Waals surface area (Å²) in [5.41, 5.74) is 0.164. The summed E-state index contributed by atoms with van der Waals surface area (Å²) in [6.45, 7) is 0.992. The van der Waals surface area contributed by atoms with E-state index in [4.69, 9.17) is 9.25 Å². The Kier molecular flexibility index (Phi) is 3.42. The summed E-state index contributed by atoms with van der Waals surface area (Å²) in [7, 11) is -0.874. The van der Waals surface area contributed by atoms with Crippen molar-refractivity contribution in [1.82, 2.24) is 9.37 Å². The lowest BCUT2D eigenvalue weighted by Gasteiger charge is -2.11. The standard InChI is InChI=1S/C10H14N2O5S/c1-11(2)18(14,15)9-6-8(7-16-9)10(13)12-4-3-5-17-12/h6-7H,3-5H2,1-2H3. The van der Waals surface area contributed by atoms with Gasteiger partial charge in [-0.2, -0.15) is 0 Å². The van der Waals surface area contributed by atoms with Crippen molar-refractivity contribution >= 4 is 15.9 Å². The van der Waals surface area contributed by atoms with Gasteiger partial charge in [-0.05, 0) is 6.42 Å². The maximum absolute atomic E-state index is 11.9. The zero-order valence-electron chi connectivity index (χ0n) is 10.1. The van der Waals surface area contributed by atoms with Crippen molar-refractivity contribution in [3.63, 3.8) is 0 Å². The van der Waals surface area contributed by atoms with E-state index in [9.17, 15) is 13.2 Å². The summed E-state index contributed by atoms with van der Waals surface area (Å²) in [6.07, 6.45) is 1.90. The Bertz CT molecular complexity index is 542. The molecule has 1 aromatic heterocycles. The summed E-state index contributed by atoms with van der Waals surface area (Å²) in [6, 6.07) is 1.21. The Labute approximate surface area is 105 Å². The minimum Gasteiger partial charge on any atom is -0.451 e. The largest absolute Gasteiger partial charge is 0.451 e. The molecule has 2 heterocycles. The highest BCUT2D eigenvalue weighted by Crippen LogP contribution is 2.19. The summed E-state index contributed by atoms with van der Waals surface area (Å²) in [5, 5.41) is 0.951. The molecule has 0 saturated carbocycles. The number of carbonyl (C=O) groups is 1. The maximum atomic E-state index is 11.9. The molecule has 1 saturated heterocycles. The number of hydroxylamine groups is 2. The minimum atomic E-state index is -3.66. The SMILES string of the molecule is CN(C)S(=O)(=O)c1cc(C(=O)N2CCCO2)co1. The number of sulfonamides is 1. The van der Waals surface area contributed by atoms with Crippen molar-refractivity contribution in [3.8, 4) is 0 Å². The Morgan fingerprint density at radius 3 is 2.72 bits per heavy atom. The van der Waals surface area contributed by atoms with Gasteiger partial charge in [0.05, 0.1) is 18.7 Å². The Balaban J connectivity index is 2.23. The van der Waals surface area contributed by atoms with Gasteiger partial charge in [-0.15, -0.1) is 0 Å². The maximum Gasteiger partial charge on any atom is 0.280 e. The number of hydrogen-bond donors (Lipinski definition) is 0. The van der Waals surface area contributed by atoms with E-state index in [2.05, 4.69) is 0 Å². The summed E-state index contributed by atoms with van der Waals surface area (Å²) < 4.78 is 29.5. The Morgan fingerprint density at radius 2 is 2.17 bits per heavy atom. The summed E-state index contributed by atoms with van der Waals surface area (Å²) in [4.78, 5) is 17.0. The third-order valence-electron chi connectivity index (χ3n) is 2.54. The second kappa shape index (κ2) is 4.71. The molecule has 0 atom stereocenters. The van der Waals surface area contributed by atoms with Gasteiger partial charge in [0, 0.05) is 20.2 Å². The van der Waals surface area contributed by atoms with E-state index in [-0.39, 0.29) is 10.7 Å². The van der Waals surface area contributed by atoms with Crippen LogP contribution in [-0.2, 0) is 14.9 Å². The van der Waals surface area contributed by atoms with Gasteiger partial charge in [-0.3, -0.25) is 9.63 Å². The predicted molar refractivity (Wildman–Crippen MR) is 61.2 cm³/mol.